The number of hydrogen-bond donors (Lipinski definition) is 6. The molecular formula is C37H50ClN5O7S. The van der Waals surface area contributed by atoms with Gasteiger partial charge in [-0.1, -0.05) is 42.5 Å². The highest BCUT2D eigenvalue weighted by atomic mass is 35.5. The lowest BCUT2D eigenvalue weighted by Crippen LogP contribution is -2.82. The van der Waals surface area contributed by atoms with Crippen LogP contribution in [0.5, 0.6) is 5.75 Å². The fraction of sp³-hybridized carbons (Fsp3) is 0.541. The van der Waals surface area contributed by atoms with E-state index in [-0.39, 0.29) is 55.0 Å². The topological polar surface area (TPSA) is 217 Å². The largest absolute Gasteiger partial charge is 0.508 e. The number of phenolic OH excluding ortho intramolecular Hbond substituents is 1. The van der Waals surface area contributed by atoms with Crippen LogP contribution in [0.4, 0.5) is 0 Å². The number of hydrogen-bond acceptors (Lipinski definition) is 11. The first-order chi connectivity index (χ1) is 23.8. The van der Waals surface area contributed by atoms with Gasteiger partial charge in [0.2, 0.25) is 11.8 Å². The number of amides is 2. The summed E-state index contributed by atoms with van der Waals surface area (Å²) in [6.07, 6.45) is 4.69. The van der Waals surface area contributed by atoms with Crippen LogP contribution in [-0.2, 0) is 41.6 Å². The maximum absolute atomic E-state index is 14.5. The molecule has 2 aromatic rings. The van der Waals surface area contributed by atoms with Crippen molar-refractivity contribution < 1.29 is 33.8 Å². The molecule has 6 atom stereocenters. The van der Waals surface area contributed by atoms with E-state index in [0.717, 1.165) is 17.5 Å². The Labute approximate surface area is 309 Å². The third-order valence-corrected chi connectivity index (χ3v) is 11.9. The molecule has 4 bridgehead atoms. The Kier molecular flexibility index (Phi) is 13.0. The maximum Gasteiger partial charge on any atom is 0.327 e. The zero-order valence-corrected chi connectivity index (χ0v) is 30.7. The standard InChI is InChI=1S/C37H49N5O7S.ClH/c1-49-34(48)37(40)35(17-24-14-25(18-35)20-36(37,19-24)31(45)27(38)15-22-6-4-3-5-7-22)30(44)21-41-33(47)29(12-13-50-2)42-32(46)28(39)16-23-8-10-26(43)11-9-23;/h3-11,24-25,27-29,43H,12-21,38-40H2,1-2H3,(H,41,47)(H,42,46);1H/t24?,25?,27-,28-,29+,35?,36?,37?;/m0./s1. The van der Waals surface area contributed by atoms with Crippen molar-refractivity contribution in [2.24, 2.45) is 39.9 Å². The van der Waals surface area contributed by atoms with Crippen molar-refractivity contribution in [3.8, 4) is 5.75 Å². The molecule has 12 nitrogen and oxygen atoms in total. The van der Waals surface area contributed by atoms with Crippen molar-refractivity contribution in [3.05, 3.63) is 65.7 Å². The maximum atomic E-state index is 14.5. The quantitative estimate of drug-likeness (QED) is 0.136. The molecule has 4 aliphatic rings. The Morgan fingerprint density at radius 3 is 2.04 bits per heavy atom. The van der Waals surface area contributed by atoms with E-state index in [1.165, 1.54) is 31.0 Å². The van der Waals surface area contributed by atoms with Crippen molar-refractivity contribution in [1.82, 2.24) is 10.6 Å². The Morgan fingerprint density at radius 2 is 1.45 bits per heavy atom. The summed E-state index contributed by atoms with van der Waals surface area (Å²) in [6, 6.07) is 12.8. The van der Waals surface area contributed by atoms with Crippen molar-refractivity contribution in [1.29, 1.82) is 0 Å². The molecule has 4 aliphatic carbocycles. The molecule has 278 valence electrons. The third-order valence-electron chi connectivity index (χ3n) is 11.3. The van der Waals surface area contributed by atoms with Gasteiger partial charge in [-0.15, -0.1) is 12.4 Å². The number of aromatic hydroxyl groups is 1. The number of ether oxygens (including phenoxy) is 1. The molecule has 0 heterocycles. The number of carbonyl (C=O) groups excluding carboxylic acids is 5. The molecule has 4 fully saturated rings. The Balaban J connectivity index is 0.00000583. The van der Waals surface area contributed by atoms with Crippen LogP contribution < -0.4 is 27.8 Å². The van der Waals surface area contributed by atoms with Crippen molar-refractivity contribution in [2.45, 2.75) is 75.0 Å². The molecule has 14 heteroatoms. The lowest BCUT2D eigenvalue weighted by Gasteiger charge is -2.68. The van der Waals surface area contributed by atoms with Crippen molar-refractivity contribution >= 4 is 53.5 Å². The van der Waals surface area contributed by atoms with Gasteiger partial charge in [0.25, 0.3) is 0 Å². The minimum Gasteiger partial charge on any atom is -0.508 e. The predicted molar refractivity (Wildman–Crippen MR) is 197 cm³/mol. The Bertz CT molecular complexity index is 1580. The van der Waals surface area contributed by atoms with E-state index >= 15 is 0 Å². The van der Waals surface area contributed by atoms with Gasteiger partial charge in [0.15, 0.2) is 11.6 Å². The van der Waals surface area contributed by atoms with Crippen molar-refractivity contribution in [2.75, 3.05) is 25.7 Å². The smallest absolute Gasteiger partial charge is 0.327 e. The van der Waals surface area contributed by atoms with E-state index in [0.29, 0.717) is 31.4 Å². The van der Waals surface area contributed by atoms with Gasteiger partial charge in [0.05, 0.1) is 36.6 Å². The normalized spacial score (nSPS) is 27.7. The summed E-state index contributed by atoms with van der Waals surface area (Å²) in [5, 5.41) is 15.0. The number of nitrogens with two attached hydrogens (primary N) is 3. The number of phenols is 1. The molecule has 4 saturated carbocycles. The lowest BCUT2D eigenvalue weighted by atomic mass is 9.34. The van der Waals surface area contributed by atoms with Gasteiger partial charge < -0.3 is 37.7 Å². The van der Waals surface area contributed by atoms with E-state index < -0.39 is 64.6 Å². The Morgan fingerprint density at radius 1 is 0.882 bits per heavy atom. The molecule has 0 radical (unpaired) electrons. The molecular weight excluding hydrogens is 694 g/mol. The van der Waals surface area contributed by atoms with Gasteiger partial charge >= 0.3 is 5.97 Å². The fourth-order valence-corrected chi connectivity index (χ4v) is 9.59. The van der Waals surface area contributed by atoms with Crippen LogP contribution >= 0.6 is 24.2 Å². The third kappa shape index (κ3) is 7.68. The number of methoxy groups -OCH3 is 1. The number of benzene rings is 2. The summed E-state index contributed by atoms with van der Waals surface area (Å²) in [5.41, 5.74) is 16.7. The molecule has 0 spiro atoms. The SMILES string of the molecule is COC(=O)C1(N)C2(C(=O)CNC(=O)[C@@H](CCSC)NC(=O)[C@@H](N)Cc3ccc(O)cc3)CC3CC(C2)CC1(C(=O)[C@@H](N)Cc1ccccc1)C3.Cl. The molecule has 9 N–H and O–H groups in total. The van der Waals surface area contributed by atoms with Crippen molar-refractivity contribution in [3.63, 3.8) is 0 Å². The van der Waals surface area contributed by atoms with E-state index in [1.807, 2.05) is 36.6 Å². The van der Waals surface area contributed by atoms with Crippen LogP contribution in [0.15, 0.2) is 54.6 Å². The first kappa shape index (κ1) is 40.3. The zero-order valence-electron chi connectivity index (χ0n) is 29.1. The minimum absolute atomic E-state index is 0. The van der Waals surface area contributed by atoms with Gasteiger partial charge in [-0.25, -0.2) is 4.79 Å². The van der Waals surface area contributed by atoms with Crippen LogP contribution in [0.3, 0.4) is 0 Å². The zero-order chi connectivity index (χ0) is 36.3. The Hall–Kier alpha value is -3.49. The van der Waals surface area contributed by atoms with Gasteiger partial charge in [-0.05, 0) is 98.5 Å². The number of rotatable bonds is 16. The number of Topliss-reactive ketones (excluding diaryl/α,β-unsaturated/α-hetero) is 2. The first-order valence-corrected chi connectivity index (χ1v) is 18.5. The summed E-state index contributed by atoms with van der Waals surface area (Å²) in [6.45, 7) is -0.445. The van der Waals surface area contributed by atoms with Crippen LogP contribution in [0.25, 0.3) is 0 Å². The average molecular weight is 744 g/mol. The summed E-state index contributed by atoms with van der Waals surface area (Å²) >= 11 is 1.50. The summed E-state index contributed by atoms with van der Waals surface area (Å²) in [4.78, 5) is 69.5. The second-order valence-corrected chi connectivity index (χ2v) is 15.4. The molecule has 2 aromatic carbocycles. The number of thioether (sulfide) groups is 1. The van der Waals surface area contributed by atoms with E-state index in [2.05, 4.69) is 10.6 Å². The number of ketones is 2. The molecule has 6 rings (SSSR count). The number of carbonyl (C=O) groups is 5. The second kappa shape index (κ2) is 16.5. The van der Waals surface area contributed by atoms with Gasteiger partial charge in [0, 0.05) is 0 Å². The van der Waals surface area contributed by atoms with Crippen LogP contribution in [0.1, 0.15) is 49.7 Å². The average Bonchev–Trinajstić information content (AvgIpc) is 3.11. The van der Waals surface area contributed by atoms with E-state index in [1.54, 1.807) is 12.1 Å². The minimum atomic E-state index is -1.98. The lowest BCUT2D eigenvalue weighted by molar-refractivity contribution is -0.208. The predicted octanol–water partition coefficient (Wildman–Crippen LogP) is 1.81. The summed E-state index contributed by atoms with van der Waals surface area (Å²) < 4.78 is 5.28. The molecule has 0 aliphatic heterocycles. The van der Waals surface area contributed by atoms with Crippen LogP contribution in [-0.4, -0.2) is 83.8 Å². The number of esters is 1. The van der Waals surface area contributed by atoms with Gasteiger partial charge in [-0.3, -0.25) is 19.2 Å². The summed E-state index contributed by atoms with van der Waals surface area (Å²) in [7, 11) is 1.20. The number of nitrogens with one attached hydrogen (secondary N) is 2. The molecule has 51 heavy (non-hydrogen) atoms. The van der Waals surface area contributed by atoms with Crippen LogP contribution in [0, 0.1) is 22.7 Å². The molecule has 2 amide bonds. The molecule has 0 aromatic heterocycles. The molecule has 3 unspecified atom stereocenters. The molecule has 0 saturated heterocycles. The van der Waals surface area contributed by atoms with E-state index in [4.69, 9.17) is 21.9 Å². The monoisotopic (exact) mass is 743 g/mol. The second-order valence-electron chi connectivity index (χ2n) is 14.4. The highest BCUT2D eigenvalue weighted by Gasteiger charge is 2.78. The first-order valence-electron chi connectivity index (χ1n) is 17.1. The highest BCUT2D eigenvalue weighted by molar-refractivity contribution is 7.98. The van der Waals surface area contributed by atoms with Gasteiger partial charge in [-0.2, -0.15) is 11.8 Å². The fourth-order valence-electron chi connectivity index (χ4n) is 9.12. The highest BCUT2D eigenvalue weighted by Crippen LogP contribution is 2.70. The van der Waals surface area contributed by atoms with E-state index in [9.17, 15) is 29.1 Å². The van der Waals surface area contributed by atoms with Gasteiger partial charge in [0.1, 0.15) is 17.3 Å². The number of halogens is 1. The summed E-state index contributed by atoms with van der Waals surface area (Å²) in [5.74, 6) is -2.13. The van der Waals surface area contributed by atoms with Crippen LogP contribution in [0.2, 0.25) is 0 Å².